The van der Waals surface area contributed by atoms with E-state index in [1.807, 2.05) is 24.3 Å². The van der Waals surface area contributed by atoms with Crippen molar-refractivity contribution in [1.82, 2.24) is 10.2 Å². The second-order valence-electron chi connectivity index (χ2n) is 6.50. The van der Waals surface area contributed by atoms with Crippen LogP contribution in [-0.2, 0) is 6.42 Å². The van der Waals surface area contributed by atoms with Gasteiger partial charge in [0.2, 0.25) is 0 Å². The van der Waals surface area contributed by atoms with Crippen LogP contribution in [0.5, 0.6) is 0 Å². The lowest BCUT2D eigenvalue weighted by molar-refractivity contribution is -0.384. The molecule has 0 bridgehead atoms. The summed E-state index contributed by atoms with van der Waals surface area (Å²) in [5, 5.41) is 19.6. The number of nitrogens with one attached hydrogen (secondary N) is 1. The third-order valence-electron chi connectivity index (χ3n) is 4.83. The number of hydrogen-bond donors (Lipinski definition) is 1. The van der Waals surface area contributed by atoms with Gasteiger partial charge < -0.3 is 4.90 Å². The second kappa shape index (κ2) is 6.59. The first-order chi connectivity index (χ1) is 12.6. The van der Waals surface area contributed by atoms with Gasteiger partial charge in [-0.25, -0.2) is 5.10 Å². The normalized spacial score (nSPS) is 14.1. The van der Waals surface area contributed by atoms with E-state index in [1.54, 1.807) is 18.2 Å². The molecule has 7 nitrogen and oxygen atoms in total. The van der Waals surface area contributed by atoms with Gasteiger partial charge in [0.05, 0.1) is 16.0 Å². The van der Waals surface area contributed by atoms with Crippen molar-refractivity contribution in [3.8, 4) is 0 Å². The number of rotatable bonds is 4. The molecule has 0 radical (unpaired) electrons. The van der Waals surface area contributed by atoms with E-state index >= 15 is 0 Å². The number of aromatic nitrogens is 2. The number of nitro benzene ring substituents is 1. The fourth-order valence-electron chi connectivity index (χ4n) is 3.55. The van der Waals surface area contributed by atoms with E-state index in [1.165, 1.54) is 0 Å². The number of H-pyrrole nitrogens is 1. The Balaban J connectivity index is 1.73. The molecule has 7 heteroatoms. The Labute approximate surface area is 149 Å². The highest BCUT2D eigenvalue weighted by atomic mass is 16.6. The van der Waals surface area contributed by atoms with Crippen LogP contribution in [0.3, 0.4) is 0 Å². The lowest BCUT2D eigenvalue weighted by atomic mass is 10.0. The smallest absolute Gasteiger partial charge is 0.292 e. The first-order valence-electron chi connectivity index (χ1n) is 8.62. The fourth-order valence-corrected chi connectivity index (χ4v) is 3.55. The molecule has 0 atom stereocenters. The van der Waals surface area contributed by atoms with Gasteiger partial charge in [-0.3, -0.25) is 14.9 Å². The Morgan fingerprint density at radius 3 is 2.58 bits per heavy atom. The first kappa shape index (κ1) is 16.3. The highest BCUT2D eigenvalue weighted by molar-refractivity contribution is 5.83. The topological polar surface area (TPSA) is 92.1 Å². The van der Waals surface area contributed by atoms with Crippen molar-refractivity contribution in [2.75, 3.05) is 18.0 Å². The highest BCUT2D eigenvalue weighted by Gasteiger charge is 2.22. The lowest BCUT2D eigenvalue weighted by Gasteiger charge is -2.18. The van der Waals surface area contributed by atoms with Crippen LogP contribution in [0, 0.1) is 10.1 Å². The molecule has 0 unspecified atom stereocenters. The zero-order chi connectivity index (χ0) is 18.1. The van der Waals surface area contributed by atoms with Crippen LogP contribution in [0.1, 0.15) is 24.1 Å². The summed E-state index contributed by atoms with van der Waals surface area (Å²) in [6.07, 6.45) is 2.54. The quantitative estimate of drug-likeness (QED) is 0.577. The maximum absolute atomic E-state index is 11.9. The van der Waals surface area contributed by atoms with Gasteiger partial charge in [-0.15, -0.1) is 0 Å². The molecule has 1 fully saturated rings. The van der Waals surface area contributed by atoms with Crippen molar-refractivity contribution in [3.63, 3.8) is 0 Å². The van der Waals surface area contributed by atoms with Gasteiger partial charge in [0.25, 0.3) is 11.2 Å². The third-order valence-corrected chi connectivity index (χ3v) is 4.83. The predicted octanol–water partition coefficient (Wildman–Crippen LogP) is 3.02. The van der Waals surface area contributed by atoms with Crippen molar-refractivity contribution >= 4 is 22.1 Å². The van der Waals surface area contributed by atoms with Gasteiger partial charge in [0, 0.05) is 31.0 Å². The molecular formula is C19H18N4O3. The standard InChI is InChI=1S/C19H18N4O3/c24-19-15-6-2-1-5-14(15)16(20-21-19)11-13-7-8-17(18(12-13)23(25)26)22-9-3-4-10-22/h1-2,5-8,12H,3-4,9-11H2,(H,21,24). The maximum Gasteiger partial charge on any atom is 0.292 e. The van der Waals surface area contributed by atoms with Gasteiger partial charge in [0.15, 0.2) is 0 Å². The van der Waals surface area contributed by atoms with E-state index in [2.05, 4.69) is 15.1 Å². The Kier molecular flexibility index (Phi) is 4.12. The van der Waals surface area contributed by atoms with Crippen LogP contribution in [0.2, 0.25) is 0 Å². The highest BCUT2D eigenvalue weighted by Crippen LogP contribution is 2.32. The average molecular weight is 350 g/mol. The van der Waals surface area contributed by atoms with E-state index in [4.69, 9.17) is 0 Å². The molecule has 26 heavy (non-hydrogen) atoms. The van der Waals surface area contributed by atoms with Crippen LogP contribution in [0.4, 0.5) is 11.4 Å². The molecule has 1 aromatic heterocycles. The molecule has 0 saturated carbocycles. The molecule has 1 saturated heterocycles. The molecule has 0 spiro atoms. The molecule has 0 aliphatic carbocycles. The third kappa shape index (κ3) is 2.92. The lowest BCUT2D eigenvalue weighted by Crippen LogP contribution is -2.19. The molecular weight excluding hydrogens is 332 g/mol. The van der Waals surface area contributed by atoms with Crippen LogP contribution in [0.25, 0.3) is 10.8 Å². The minimum atomic E-state index is -0.324. The van der Waals surface area contributed by atoms with E-state index in [0.29, 0.717) is 23.2 Å². The number of hydrogen-bond acceptors (Lipinski definition) is 5. The Bertz CT molecular complexity index is 1040. The van der Waals surface area contributed by atoms with Gasteiger partial charge >= 0.3 is 0 Å². The average Bonchev–Trinajstić information content (AvgIpc) is 3.19. The number of nitrogens with zero attached hydrogens (tertiary/aromatic N) is 3. The molecule has 2 heterocycles. The fraction of sp³-hybridized carbons (Fsp3) is 0.263. The summed E-state index contributed by atoms with van der Waals surface area (Å²) in [6.45, 7) is 1.71. The molecule has 1 N–H and O–H groups in total. The van der Waals surface area contributed by atoms with Crippen molar-refractivity contribution in [2.45, 2.75) is 19.3 Å². The zero-order valence-electron chi connectivity index (χ0n) is 14.1. The number of aromatic amines is 1. The van der Waals surface area contributed by atoms with Gasteiger partial charge in [-0.05, 0) is 30.5 Å². The minimum absolute atomic E-state index is 0.123. The van der Waals surface area contributed by atoms with Crippen molar-refractivity contribution < 1.29 is 4.92 Å². The Hall–Kier alpha value is -3.22. The number of anilines is 1. The molecule has 132 valence electrons. The van der Waals surface area contributed by atoms with Crippen LogP contribution < -0.4 is 10.5 Å². The molecule has 3 aromatic rings. The summed E-state index contributed by atoms with van der Waals surface area (Å²) in [4.78, 5) is 25.2. The van der Waals surface area contributed by atoms with Gasteiger partial charge in [-0.1, -0.05) is 24.3 Å². The number of fused-ring (bicyclic) bond motifs is 1. The Morgan fingerprint density at radius 1 is 1.12 bits per heavy atom. The molecule has 2 aromatic carbocycles. The minimum Gasteiger partial charge on any atom is -0.366 e. The summed E-state index contributed by atoms with van der Waals surface area (Å²) < 4.78 is 0. The molecule has 1 aliphatic heterocycles. The molecule has 0 amide bonds. The molecule has 1 aliphatic rings. The predicted molar refractivity (Wildman–Crippen MR) is 99.7 cm³/mol. The Morgan fingerprint density at radius 2 is 1.85 bits per heavy atom. The van der Waals surface area contributed by atoms with Crippen LogP contribution in [0.15, 0.2) is 47.3 Å². The summed E-state index contributed by atoms with van der Waals surface area (Å²) in [5.74, 6) is 0. The summed E-state index contributed by atoms with van der Waals surface area (Å²) in [5.41, 5.74) is 2.06. The second-order valence-corrected chi connectivity index (χ2v) is 6.50. The number of benzene rings is 2. The number of nitro groups is 1. The van der Waals surface area contributed by atoms with E-state index in [0.717, 1.165) is 36.9 Å². The van der Waals surface area contributed by atoms with E-state index in [-0.39, 0.29) is 16.2 Å². The summed E-state index contributed by atoms with van der Waals surface area (Å²) in [7, 11) is 0. The SMILES string of the molecule is O=c1[nH]nc(Cc2ccc(N3CCCC3)c([N+](=O)[O-])c2)c2ccccc12. The van der Waals surface area contributed by atoms with Crippen LogP contribution >= 0.6 is 0 Å². The largest absolute Gasteiger partial charge is 0.366 e. The molecule has 4 rings (SSSR count). The maximum atomic E-state index is 11.9. The monoisotopic (exact) mass is 350 g/mol. The van der Waals surface area contributed by atoms with Gasteiger partial charge in [-0.2, -0.15) is 5.10 Å². The van der Waals surface area contributed by atoms with E-state index < -0.39 is 0 Å². The van der Waals surface area contributed by atoms with Crippen molar-refractivity contribution in [3.05, 3.63) is 74.2 Å². The van der Waals surface area contributed by atoms with Crippen molar-refractivity contribution in [2.24, 2.45) is 0 Å². The zero-order valence-corrected chi connectivity index (χ0v) is 14.1. The van der Waals surface area contributed by atoms with E-state index in [9.17, 15) is 14.9 Å². The summed E-state index contributed by atoms with van der Waals surface area (Å²) in [6, 6.07) is 12.6. The first-order valence-corrected chi connectivity index (χ1v) is 8.62. The van der Waals surface area contributed by atoms with Gasteiger partial charge in [0.1, 0.15) is 5.69 Å². The van der Waals surface area contributed by atoms with Crippen molar-refractivity contribution in [1.29, 1.82) is 0 Å². The summed E-state index contributed by atoms with van der Waals surface area (Å²) >= 11 is 0. The van der Waals surface area contributed by atoms with Crippen LogP contribution in [-0.4, -0.2) is 28.2 Å².